The van der Waals surface area contributed by atoms with Gasteiger partial charge in [0, 0.05) is 18.8 Å². The molecule has 10 heteroatoms. The zero-order valence-electron chi connectivity index (χ0n) is 18.3. The smallest absolute Gasteiger partial charge is 0.289 e. The van der Waals surface area contributed by atoms with Gasteiger partial charge in [0.05, 0.1) is 10.6 Å². The van der Waals surface area contributed by atoms with Gasteiger partial charge in [0.25, 0.3) is 21.6 Å². The summed E-state index contributed by atoms with van der Waals surface area (Å²) in [6.07, 6.45) is 0. The number of carbonyl (C=O) groups excluding carboxylic acids is 1. The van der Waals surface area contributed by atoms with Gasteiger partial charge in [-0.1, -0.05) is 29.8 Å². The van der Waals surface area contributed by atoms with Crippen LogP contribution in [0.2, 0.25) is 0 Å². The van der Waals surface area contributed by atoms with Crippen molar-refractivity contribution >= 4 is 33.0 Å². The van der Waals surface area contributed by atoms with Crippen molar-refractivity contribution in [2.45, 2.75) is 18.7 Å². The molecule has 0 atom stereocenters. The number of rotatable bonds is 8. The second-order valence-corrected chi connectivity index (χ2v) is 9.28. The van der Waals surface area contributed by atoms with Crippen molar-refractivity contribution in [2.24, 2.45) is 0 Å². The van der Waals surface area contributed by atoms with Crippen LogP contribution in [0.3, 0.4) is 0 Å². The van der Waals surface area contributed by atoms with E-state index in [2.05, 4.69) is 5.32 Å². The van der Waals surface area contributed by atoms with Crippen LogP contribution in [-0.4, -0.2) is 32.9 Å². The van der Waals surface area contributed by atoms with E-state index in [1.54, 1.807) is 0 Å². The molecule has 0 aliphatic rings. The first-order valence-electron chi connectivity index (χ1n) is 9.92. The van der Waals surface area contributed by atoms with Gasteiger partial charge in [0.15, 0.2) is 11.5 Å². The topological polar surface area (TPSA) is 119 Å². The molecular formula is C23H23N3O6S. The number of carbonyl (C=O) groups is 1. The first kappa shape index (κ1) is 23.7. The fraction of sp³-hybridized carbons (Fsp3) is 0.174. The Bertz CT molecular complexity index is 1290. The second kappa shape index (κ2) is 9.70. The largest absolute Gasteiger partial charge is 0.484 e. The van der Waals surface area contributed by atoms with E-state index in [-0.39, 0.29) is 18.2 Å². The molecule has 0 radical (unpaired) electrons. The number of hydrogen-bond donors (Lipinski definition) is 1. The molecule has 1 N–H and O–H groups in total. The highest BCUT2D eigenvalue weighted by Gasteiger charge is 2.29. The molecule has 0 unspecified atom stereocenters. The van der Waals surface area contributed by atoms with E-state index in [4.69, 9.17) is 4.74 Å². The highest BCUT2D eigenvalue weighted by atomic mass is 32.2. The van der Waals surface area contributed by atoms with Crippen molar-refractivity contribution in [1.82, 2.24) is 0 Å². The SMILES string of the molecule is Cc1ccc(NC(=O)COc2ccc(N(C)S(=O)(=O)c3ccccc3[N+](=O)[O-])cc2)c(C)c1. The molecule has 3 aromatic carbocycles. The Kier molecular flexibility index (Phi) is 6.98. The van der Waals surface area contributed by atoms with Crippen LogP contribution in [-0.2, 0) is 14.8 Å². The number of amides is 1. The molecule has 9 nitrogen and oxygen atoms in total. The van der Waals surface area contributed by atoms with Gasteiger partial charge in [0.2, 0.25) is 0 Å². The minimum Gasteiger partial charge on any atom is -0.484 e. The summed E-state index contributed by atoms with van der Waals surface area (Å²) in [5.41, 5.74) is 2.51. The third-order valence-electron chi connectivity index (χ3n) is 4.93. The molecule has 3 rings (SSSR count). The zero-order valence-corrected chi connectivity index (χ0v) is 19.1. The molecule has 0 saturated carbocycles. The summed E-state index contributed by atoms with van der Waals surface area (Å²) in [5, 5.41) is 14.0. The fourth-order valence-corrected chi connectivity index (χ4v) is 4.51. The van der Waals surface area contributed by atoms with Crippen LogP contribution >= 0.6 is 0 Å². The van der Waals surface area contributed by atoms with Crippen LogP contribution in [0, 0.1) is 24.0 Å². The van der Waals surface area contributed by atoms with Gasteiger partial charge in [-0.15, -0.1) is 0 Å². The molecule has 0 aliphatic heterocycles. The summed E-state index contributed by atoms with van der Waals surface area (Å²) in [6.45, 7) is 3.64. The second-order valence-electron chi connectivity index (χ2n) is 7.35. The number of nitro groups is 1. The molecule has 0 heterocycles. The molecule has 0 spiro atoms. The van der Waals surface area contributed by atoms with Gasteiger partial charge in [-0.05, 0) is 55.8 Å². The maximum absolute atomic E-state index is 12.9. The van der Waals surface area contributed by atoms with E-state index in [0.717, 1.165) is 21.5 Å². The Hall–Kier alpha value is -3.92. The van der Waals surface area contributed by atoms with Gasteiger partial charge in [-0.2, -0.15) is 0 Å². The number of nitro benzene ring substituents is 1. The molecule has 0 aliphatic carbocycles. The number of ether oxygens (including phenoxy) is 1. The molecular weight excluding hydrogens is 446 g/mol. The van der Waals surface area contributed by atoms with Crippen LogP contribution in [0.5, 0.6) is 5.75 Å². The molecule has 3 aromatic rings. The van der Waals surface area contributed by atoms with Crippen molar-refractivity contribution in [3.05, 3.63) is 88.0 Å². The van der Waals surface area contributed by atoms with Gasteiger partial charge in [0.1, 0.15) is 5.75 Å². The van der Waals surface area contributed by atoms with Crippen LogP contribution in [0.1, 0.15) is 11.1 Å². The Morgan fingerprint density at radius 3 is 2.36 bits per heavy atom. The van der Waals surface area contributed by atoms with E-state index in [1.807, 2.05) is 32.0 Å². The summed E-state index contributed by atoms with van der Waals surface area (Å²) in [7, 11) is -2.86. The standard InChI is InChI=1S/C23H23N3O6S/c1-16-8-13-20(17(2)14-16)24-23(27)15-32-19-11-9-18(10-12-19)25(3)33(30,31)22-7-5-4-6-21(22)26(28)29/h4-14H,15H2,1-3H3,(H,24,27). The van der Waals surface area contributed by atoms with E-state index in [0.29, 0.717) is 11.4 Å². The molecule has 1 amide bonds. The number of para-hydroxylation sites is 1. The lowest BCUT2D eigenvalue weighted by molar-refractivity contribution is -0.387. The number of sulfonamides is 1. The average Bonchev–Trinajstić information content (AvgIpc) is 2.79. The molecule has 0 bridgehead atoms. The number of aryl methyl sites for hydroxylation is 2. The first-order valence-corrected chi connectivity index (χ1v) is 11.4. The molecule has 0 saturated heterocycles. The Morgan fingerprint density at radius 1 is 1.06 bits per heavy atom. The van der Waals surface area contributed by atoms with Crippen molar-refractivity contribution in [3.8, 4) is 5.75 Å². The summed E-state index contributed by atoms with van der Waals surface area (Å²) >= 11 is 0. The third-order valence-corrected chi connectivity index (χ3v) is 6.76. The Labute approximate surface area is 191 Å². The molecule has 172 valence electrons. The maximum atomic E-state index is 12.9. The predicted octanol–water partition coefficient (Wildman–Crippen LogP) is 4.05. The van der Waals surface area contributed by atoms with Gasteiger partial charge in [-0.25, -0.2) is 8.42 Å². The van der Waals surface area contributed by atoms with Crippen LogP contribution in [0.15, 0.2) is 71.6 Å². The van der Waals surface area contributed by atoms with E-state index >= 15 is 0 Å². The van der Waals surface area contributed by atoms with Gasteiger partial charge < -0.3 is 10.1 Å². The van der Waals surface area contributed by atoms with Crippen LogP contribution in [0.25, 0.3) is 0 Å². The van der Waals surface area contributed by atoms with Crippen LogP contribution in [0.4, 0.5) is 17.1 Å². The highest BCUT2D eigenvalue weighted by Crippen LogP contribution is 2.29. The Balaban J connectivity index is 1.67. The lowest BCUT2D eigenvalue weighted by Gasteiger charge is -2.19. The summed E-state index contributed by atoms with van der Waals surface area (Å²) in [4.78, 5) is 22.3. The van der Waals surface area contributed by atoms with Crippen molar-refractivity contribution in [1.29, 1.82) is 0 Å². The lowest BCUT2D eigenvalue weighted by atomic mass is 10.1. The molecule has 0 aromatic heterocycles. The van der Waals surface area contributed by atoms with E-state index in [1.165, 1.54) is 49.5 Å². The van der Waals surface area contributed by atoms with Crippen LogP contribution < -0.4 is 14.4 Å². The third kappa shape index (κ3) is 5.47. The number of nitrogens with one attached hydrogen (secondary N) is 1. The first-order chi connectivity index (χ1) is 15.6. The number of anilines is 2. The Morgan fingerprint density at radius 2 is 1.73 bits per heavy atom. The number of benzene rings is 3. The van der Waals surface area contributed by atoms with Crippen molar-refractivity contribution in [3.63, 3.8) is 0 Å². The van der Waals surface area contributed by atoms with Crippen molar-refractivity contribution in [2.75, 3.05) is 23.3 Å². The monoisotopic (exact) mass is 469 g/mol. The summed E-state index contributed by atoms with van der Waals surface area (Å²) < 4.78 is 32.3. The lowest BCUT2D eigenvalue weighted by Crippen LogP contribution is -2.27. The van der Waals surface area contributed by atoms with Crippen molar-refractivity contribution < 1.29 is 22.9 Å². The fourth-order valence-electron chi connectivity index (χ4n) is 3.15. The molecule has 0 fully saturated rings. The van der Waals surface area contributed by atoms with E-state index in [9.17, 15) is 23.3 Å². The molecule has 33 heavy (non-hydrogen) atoms. The normalized spacial score (nSPS) is 11.0. The minimum atomic E-state index is -4.16. The maximum Gasteiger partial charge on any atom is 0.289 e. The predicted molar refractivity (Wildman–Crippen MR) is 125 cm³/mol. The summed E-state index contributed by atoms with van der Waals surface area (Å²) in [5.74, 6) is 0.0353. The number of nitrogens with zero attached hydrogens (tertiary/aromatic N) is 2. The quantitative estimate of drug-likeness (QED) is 0.393. The van der Waals surface area contributed by atoms with E-state index < -0.39 is 25.5 Å². The average molecular weight is 470 g/mol. The van der Waals surface area contributed by atoms with Gasteiger partial charge >= 0.3 is 0 Å². The zero-order chi connectivity index (χ0) is 24.2. The van der Waals surface area contributed by atoms with Gasteiger partial charge in [-0.3, -0.25) is 19.2 Å². The minimum absolute atomic E-state index is 0.225. The number of hydrogen-bond acceptors (Lipinski definition) is 6. The summed E-state index contributed by atoms with van der Waals surface area (Å²) in [6, 6.07) is 16.9. The highest BCUT2D eigenvalue weighted by molar-refractivity contribution is 7.93.